The normalized spacial score (nSPS) is 12.5. The summed E-state index contributed by atoms with van der Waals surface area (Å²) in [6, 6.07) is 3.33. The zero-order chi connectivity index (χ0) is 10.6. The van der Waals surface area contributed by atoms with Gasteiger partial charge in [0.15, 0.2) is 5.78 Å². The van der Waals surface area contributed by atoms with Gasteiger partial charge in [-0.3, -0.25) is 4.79 Å². The Kier molecular flexibility index (Phi) is 4.08. The molecule has 14 heavy (non-hydrogen) atoms. The fourth-order valence-corrected chi connectivity index (χ4v) is 1.58. The molecular formula is C11H14ClNO. The number of rotatable bonds is 4. The van der Waals surface area contributed by atoms with E-state index in [4.69, 9.17) is 11.6 Å². The second-order valence-electron chi connectivity index (χ2n) is 3.42. The van der Waals surface area contributed by atoms with E-state index in [1.165, 1.54) is 0 Å². The maximum Gasteiger partial charge on any atom is 0.165 e. The average Bonchev–Trinajstić information content (AvgIpc) is 2.17. The highest BCUT2D eigenvalue weighted by atomic mass is 35.5. The third kappa shape index (κ3) is 2.81. The first-order valence-corrected chi connectivity index (χ1v) is 5.18. The van der Waals surface area contributed by atoms with Crippen LogP contribution >= 0.6 is 11.6 Å². The number of carbonyl (C=O) groups excluding carboxylic acids is 1. The minimum absolute atomic E-state index is 0.0680. The molecule has 0 saturated carbocycles. The van der Waals surface area contributed by atoms with Gasteiger partial charge in [-0.05, 0) is 18.6 Å². The summed E-state index contributed by atoms with van der Waals surface area (Å²) in [5, 5.41) is 0.375. The van der Waals surface area contributed by atoms with Crippen LogP contribution in [0.3, 0.4) is 0 Å². The summed E-state index contributed by atoms with van der Waals surface area (Å²) in [5.41, 5.74) is 0.658. The van der Waals surface area contributed by atoms with Crippen molar-refractivity contribution < 1.29 is 4.79 Å². The average molecular weight is 212 g/mol. The van der Waals surface area contributed by atoms with Crippen LogP contribution in [0.25, 0.3) is 0 Å². The van der Waals surface area contributed by atoms with E-state index in [1.54, 1.807) is 18.3 Å². The lowest BCUT2D eigenvalue weighted by Crippen LogP contribution is -2.10. The van der Waals surface area contributed by atoms with E-state index in [1.807, 2.05) is 6.92 Å². The Morgan fingerprint density at radius 2 is 2.36 bits per heavy atom. The number of aromatic nitrogens is 1. The summed E-state index contributed by atoms with van der Waals surface area (Å²) in [7, 11) is 0. The van der Waals surface area contributed by atoms with Gasteiger partial charge < -0.3 is 0 Å². The van der Waals surface area contributed by atoms with Crippen LogP contribution in [0.4, 0.5) is 0 Å². The minimum Gasteiger partial charge on any atom is -0.294 e. The molecule has 0 aliphatic heterocycles. The first-order chi connectivity index (χ1) is 6.65. The molecule has 1 atom stereocenters. The van der Waals surface area contributed by atoms with Gasteiger partial charge in [0.1, 0.15) is 5.15 Å². The predicted molar refractivity (Wildman–Crippen MR) is 57.6 cm³/mol. The monoisotopic (exact) mass is 211 g/mol. The molecule has 0 spiro atoms. The van der Waals surface area contributed by atoms with Crippen LogP contribution in [0.2, 0.25) is 5.15 Å². The Bertz CT molecular complexity index is 325. The van der Waals surface area contributed by atoms with Crippen molar-refractivity contribution in [2.24, 2.45) is 5.92 Å². The van der Waals surface area contributed by atoms with Crippen LogP contribution in [0.15, 0.2) is 18.3 Å². The Hall–Kier alpha value is -0.890. The van der Waals surface area contributed by atoms with E-state index in [9.17, 15) is 4.79 Å². The zero-order valence-electron chi connectivity index (χ0n) is 8.46. The van der Waals surface area contributed by atoms with Gasteiger partial charge in [-0.1, -0.05) is 31.9 Å². The van der Waals surface area contributed by atoms with Gasteiger partial charge in [-0.25, -0.2) is 4.98 Å². The molecule has 0 amide bonds. The van der Waals surface area contributed by atoms with E-state index in [0.29, 0.717) is 10.7 Å². The molecule has 0 bridgehead atoms. The van der Waals surface area contributed by atoms with Crippen LogP contribution in [0.1, 0.15) is 37.0 Å². The van der Waals surface area contributed by atoms with E-state index < -0.39 is 0 Å². The number of pyridine rings is 1. The Balaban J connectivity index is 2.78. The molecule has 0 radical (unpaired) electrons. The molecule has 0 aliphatic carbocycles. The molecule has 0 aromatic carbocycles. The van der Waals surface area contributed by atoms with Crippen molar-refractivity contribution in [3.63, 3.8) is 0 Å². The molecule has 1 aromatic rings. The summed E-state index contributed by atoms with van der Waals surface area (Å²) in [4.78, 5) is 15.6. The molecule has 76 valence electrons. The molecule has 1 aromatic heterocycles. The Labute approximate surface area is 89.3 Å². The smallest absolute Gasteiger partial charge is 0.165 e. The van der Waals surface area contributed by atoms with E-state index in [-0.39, 0.29) is 11.7 Å². The van der Waals surface area contributed by atoms with Crippen molar-refractivity contribution in [2.45, 2.75) is 26.7 Å². The molecule has 0 saturated heterocycles. The lowest BCUT2D eigenvalue weighted by Gasteiger charge is -2.08. The molecular weight excluding hydrogens is 198 g/mol. The Morgan fingerprint density at radius 3 is 2.93 bits per heavy atom. The highest BCUT2D eigenvalue weighted by molar-refractivity contribution is 6.29. The summed E-state index contributed by atoms with van der Waals surface area (Å²) in [6.07, 6.45) is 3.50. The lowest BCUT2D eigenvalue weighted by molar-refractivity contribution is 0.0923. The summed E-state index contributed by atoms with van der Waals surface area (Å²) >= 11 is 5.71. The largest absolute Gasteiger partial charge is 0.294 e. The minimum atomic E-state index is 0.0680. The van der Waals surface area contributed by atoms with Gasteiger partial charge in [0.05, 0.1) is 0 Å². The van der Waals surface area contributed by atoms with Gasteiger partial charge in [-0.2, -0.15) is 0 Å². The van der Waals surface area contributed by atoms with Crippen molar-refractivity contribution in [1.29, 1.82) is 0 Å². The third-order valence-corrected chi connectivity index (χ3v) is 2.39. The zero-order valence-corrected chi connectivity index (χ0v) is 9.21. The standard InChI is InChI=1S/C11H14ClNO/c1-3-4-8(2)11(14)9-5-6-13-10(12)7-9/h5-8H,3-4H2,1-2H3/t8-/m0/s1. The van der Waals surface area contributed by atoms with E-state index in [0.717, 1.165) is 12.8 Å². The SMILES string of the molecule is CCC[C@H](C)C(=O)c1ccnc(Cl)c1. The number of ketones is 1. The number of nitrogens with zero attached hydrogens (tertiary/aromatic N) is 1. The third-order valence-electron chi connectivity index (χ3n) is 2.18. The molecule has 1 rings (SSSR count). The second kappa shape index (κ2) is 5.11. The van der Waals surface area contributed by atoms with Crippen molar-refractivity contribution in [1.82, 2.24) is 4.98 Å². The molecule has 3 heteroatoms. The molecule has 0 aliphatic rings. The fourth-order valence-electron chi connectivity index (χ4n) is 1.40. The summed E-state index contributed by atoms with van der Waals surface area (Å²) in [5.74, 6) is 0.217. The van der Waals surface area contributed by atoms with Gasteiger partial charge in [-0.15, -0.1) is 0 Å². The number of hydrogen-bond acceptors (Lipinski definition) is 2. The predicted octanol–water partition coefficient (Wildman–Crippen LogP) is 3.35. The highest BCUT2D eigenvalue weighted by Crippen LogP contribution is 2.15. The fraction of sp³-hybridized carbons (Fsp3) is 0.455. The van der Waals surface area contributed by atoms with Gasteiger partial charge >= 0.3 is 0 Å². The van der Waals surface area contributed by atoms with Gasteiger partial charge in [0.2, 0.25) is 0 Å². The Morgan fingerprint density at radius 1 is 1.64 bits per heavy atom. The van der Waals surface area contributed by atoms with Crippen LogP contribution in [-0.4, -0.2) is 10.8 Å². The number of carbonyl (C=O) groups is 1. The quantitative estimate of drug-likeness (QED) is 0.565. The number of Topliss-reactive ketones (excluding diaryl/α,β-unsaturated/α-hetero) is 1. The first-order valence-electron chi connectivity index (χ1n) is 4.81. The van der Waals surface area contributed by atoms with E-state index in [2.05, 4.69) is 11.9 Å². The second-order valence-corrected chi connectivity index (χ2v) is 3.81. The number of hydrogen-bond donors (Lipinski definition) is 0. The molecule has 1 heterocycles. The molecule has 2 nitrogen and oxygen atoms in total. The van der Waals surface area contributed by atoms with E-state index >= 15 is 0 Å². The molecule has 0 N–H and O–H groups in total. The maximum absolute atomic E-state index is 11.8. The molecule has 0 unspecified atom stereocenters. The van der Waals surface area contributed by atoms with Crippen LogP contribution in [-0.2, 0) is 0 Å². The van der Waals surface area contributed by atoms with Crippen molar-refractivity contribution >= 4 is 17.4 Å². The first kappa shape index (κ1) is 11.2. The maximum atomic E-state index is 11.8. The summed E-state index contributed by atoms with van der Waals surface area (Å²) in [6.45, 7) is 4.02. The van der Waals surface area contributed by atoms with Crippen molar-refractivity contribution in [3.8, 4) is 0 Å². The molecule has 0 fully saturated rings. The highest BCUT2D eigenvalue weighted by Gasteiger charge is 2.14. The topological polar surface area (TPSA) is 30.0 Å². The van der Waals surface area contributed by atoms with Crippen molar-refractivity contribution in [2.75, 3.05) is 0 Å². The van der Waals surface area contributed by atoms with Gasteiger partial charge in [0, 0.05) is 17.7 Å². The number of halogens is 1. The van der Waals surface area contributed by atoms with Crippen LogP contribution in [0.5, 0.6) is 0 Å². The van der Waals surface area contributed by atoms with Crippen LogP contribution in [0, 0.1) is 5.92 Å². The van der Waals surface area contributed by atoms with Crippen LogP contribution < -0.4 is 0 Å². The lowest BCUT2D eigenvalue weighted by atomic mass is 9.96. The van der Waals surface area contributed by atoms with Crippen molar-refractivity contribution in [3.05, 3.63) is 29.0 Å². The van der Waals surface area contributed by atoms with Gasteiger partial charge in [0.25, 0.3) is 0 Å². The summed E-state index contributed by atoms with van der Waals surface area (Å²) < 4.78 is 0.